The summed E-state index contributed by atoms with van der Waals surface area (Å²) in [5.74, 6) is 0. The van der Waals surface area contributed by atoms with Crippen LogP contribution in [0.2, 0.25) is 0 Å². The number of benzene rings is 1. The molecule has 0 unspecified atom stereocenters. The smallest absolute Gasteiger partial charge is 0.284 e. The zero-order valence-corrected chi connectivity index (χ0v) is 10.6. The maximum atomic E-state index is 11.2. The summed E-state index contributed by atoms with van der Waals surface area (Å²) in [5, 5.41) is 10.9. The first kappa shape index (κ1) is 13.0. The van der Waals surface area contributed by atoms with Gasteiger partial charge in [-0.1, -0.05) is 25.0 Å². The molecule has 0 spiro atoms. The van der Waals surface area contributed by atoms with Crippen LogP contribution in [0.4, 0.5) is 5.69 Å². The van der Waals surface area contributed by atoms with Crippen molar-refractivity contribution in [2.75, 3.05) is 0 Å². The Morgan fingerprint density at radius 3 is 2.61 bits per heavy atom. The van der Waals surface area contributed by atoms with Gasteiger partial charge in [0.1, 0.15) is 11.2 Å². The second-order valence-corrected chi connectivity index (χ2v) is 5.26. The Morgan fingerprint density at radius 1 is 1.33 bits per heavy atom. The number of hydrogen-bond acceptors (Lipinski definition) is 5. The minimum atomic E-state index is -0.519. The van der Waals surface area contributed by atoms with E-state index in [1.807, 2.05) is 0 Å². The van der Waals surface area contributed by atoms with Gasteiger partial charge in [0.05, 0.1) is 10.5 Å². The highest BCUT2D eigenvalue weighted by molar-refractivity contribution is 7.97. The number of nitro groups is 1. The third kappa shape index (κ3) is 2.70. The lowest BCUT2D eigenvalue weighted by atomic mass is 10.0. The lowest BCUT2D eigenvalue weighted by molar-refractivity contribution is -0.387. The largest absolute Gasteiger partial charge is 0.301 e. The molecular formula is C12H14N2O3S. The van der Waals surface area contributed by atoms with Crippen LogP contribution in [0.5, 0.6) is 0 Å². The van der Waals surface area contributed by atoms with E-state index in [1.54, 1.807) is 18.2 Å². The first-order chi connectivity index (χ1) is 8.67. The lowest BCUT2D eigenvalue weighted by Gasteiger charge is -2.22. The van der Waals surface area contributed by atoms with Gasteiger partial charge in [-0.05, 0) is 30.9 Å². The van der Waals surface area contributed by atoms with Crippen molar-refractivity contribution in [1.29, 1.82) is 0 Å². The van der Waals surface area contributed by atoms with Crippen molar-refractivity contribution in [1.82, 2.24) is 4.72 Å². The van der Waals surface area contributed by atoms with Gasteiger partial charge in [0.25, 0.3) is 5.69 Å². The molecule has 96 valence electrons. The first-order valence-corrected chi connectivity index (χ1v) is 6.62. The van der Waals surface area contributed by atoms with Crippen LogP contribution in [0.1, 0.15) is 25.7 Å². The van der Waals surface area contributed by atoms with Crippen LogP contribution in [-0.4, -0.2) is 16.7 Å². The van der Waals surface area contributed by atoms with Gasteiger partial charge >= 0.3 is 0 Å². The van der Waals surface area contributed by atoms with Crippen molar-refractivity contribution >= 4 is 23.9 Å². The summed E-state index contributed by atoms with van der Waals surface area (Å²) < 4.78 is 3.10. The minimum Gasteiger partial charge on any atom is -0.301 e. The van der Waals surface area contributed by atoms with Crippen molar-refractivity contribution < 1.29 is 9.72 Å². The topological polar surface area (TPSA) is 72.2 Å². The summed E-state index contributed by atoms with van der Waals surface area (Å²) in [5.41, 5.74) is -0.456. The van der Waals surface area contributed by atoms with Gasteiger partial charge in [-0.2, -0.15) is 0 Å². The van der Waals surface area contributed by atoms with Crippen molar-refractivity contribution in [2.45, 2.75) is 36.1 Å². The van der Waals surface area contributed by atoms with Gasteiger partial charge in [0.15, 0.2) is 0 Å². The van der Waals surface area contributed by atoms with Gasteiger partial charge in [0.2, 0.25) is 0 Å². The molecule has 1 aromatic rings. The number of aldehydes is 1. The third-order valence-electron chi connectivity index (χ3n) is 3.15. The fourth-order valence-corrected chi connectivity index (χ4v) is 3.06. The number of carbonyl (C=O) groups is 1. The average molecular weight is 266 g/mol. The standard InChI is InChI=1S/C12H14N2O3S/c15-9-12(7-3-4-8-12)13-18-11-6-2-1-5-10(11)14(16)17/h1-2,5-6,9,13H,3-4,7-8H2. The molecule has 0 aliphatic heterocycles. The van der Waals surface area contributed by atoms with E-state index in [9.17, 15) is 14.9 Å². The van der Waals surface area contributed by atoms with Gasteiger partial charge in [-0.3, -0.25) is 10.1 Å². The van der Waals surface area contributed by atoms with E-state index in [4.69, 9.17) is 0 Å². The molecule has 0 atom stereocenters. The SMILES string of the molecule is O=CC1(NSc2ccccc2[N+](=O)[O-])CCCC1. The van der Waals surface area contributed by atoms with E-state index < -0.39 is 10.5 Å². The lowest BCUT2D eigenvalue weighted by Crippen LogP contribution is -2.39. The van der Waals surface area contributed by atoms with Crippen LogP contribution in [0.3, 0.4) is 0 Å². The highest BCUT2D eigenvalue weighted by Gasteiger charge is 2.33. The number of rotatable bonds is 5. The molecule has 18 heavy (non-hydrogen) atoms. The molecular weight excluding hydrogens is 252 g/mol. The van der Waals surface area contributed by atoms with Crippen LogP contribution in [0.15, 0.2) is 29.2 Å². The molecule has 1 aliphatic rings. The van der Waals surface area contributed by atoms with Gasteiger partial charge in [-0.25, -0.2) is 4.72 Å². The zero-order chi connectivity index (χ0) is 13.0. The second kappa shape index (κ2) is 5.49. The quantitative estimate of drug-likeness (QED) is 0.384. The van der Waals surface area contributed by atoms with Crippen LogP contribution < -0.4 is 4.72 Å². The molecule has 6 heteroatoms. The van der Waals surface area contributed by atoms with Crippen molar-refractivity contribution in [3.63, 3.8) is 0 Å². The number of nitrogens with one attached hydrogen (secondary N) is 1. The van der Waals surface area contributed by atoms with Crippen LogP contribution in [0, 0.1) is 10.1 Å². The van der Waals surface area contributed by atoms with E-state index in [0.717, 1.165) is 32.0 Å². The summed E-state index contributed by atoms with van der Waals surface area (Å²) in [7, 11) is 0. The molecule has 0 saturated heterocycles. The Kier molecular flexibility index (Phi) is 3.98. The molecule has 0 aromatic heterocycles. The van der Waals surface area contributed by atoms with Gasteiger partial charge in [0, 0.05) is 6.07 Å². The summed E-state index contributed by atoms with van der Waals surface area (Å²) in [4.78, 5) is 22.1. The molecule has 0 bridgehead atoms. The first-order valence-electron chi connectivity index (χ1n) is 5.81. The molecule has 0 amide bonds. The summed E-state index contributed by atoms with van der Waals surface area (Å²) >= 11 is 1.17. The molecule has 1 N–H and O–H groups in total. The monoisotopic (exact) mass is 266 g/mol. The molecule has 5 nitrogen and oxygen atoms in total. The van der Waals surface area contributed by atoms with E-state index in [-0.39, 0.29) is 5.69 Å². The number of para-hydroxylation sites is 1. The van der Waals surface area contributed by atoms with E-state index in [2.05, 4.69) is 4.72 Å². The normalized spacial score (nSPS) is 17.6. The molecule has 1 fully saturated rings. The summed E-state index contributed by atoms with van der Waals surface area (Å²) in [6, 6.07) is 6.53. The van der Waals surface area contributed by atoms with Crippen LogP contribution in [0.25, 0.3) is 0 Å². The van der Waals surface area contributed by atoms with Crippen molar-refractivity contribution in [3.8, 4) is 0 Å². The fourth-order valence-electron chi connectivity index (χ4n) is 2.10. The molecule has 1 aromatic carbocycles. The second-order valence-electron chi connectivity index (χ2n) is 4.41. The number of carbonyl (C=O) groups excluding carboxylic acids is 1. The van der Waals surface area contributed by atoms with Crippen LogP contribution >= 0.6 is 11.9 Å². The van der Waals surface area contributed by atoms with Crippen molar-refractivity contribution in [2.24, 2.45) is 0 Å². The van der Waals surface area contributed by atoms with E-state index in [0.29, 0.717) is 4.90 Å². The molecule has 0 radical (unpaired) electrons. The van der Waals surface area contributed by atoms with Gasteiger partial charge in [-0.15, -0.1) is 0 Å². The van der Waals surface area contributed by atoms with E-state index >= 15 is 0 Å². The highest BCUT2D eigenvalue weighted by Crippen LogP contribution is 2.33. The average Bonchev–Trinajstić information content (AvgIpc) is 2.86. The highest BCUT2D eigenvalue weighted by atomic mass is 32.2. The Balaban J connectivity index is 2.10. The number of nitro benzene ring substituents is 1. The Bertz CT molecular complexity index is 458. The number of nitrogens with zero attached hydrogens (tertiary/aromatic N) is 1. The van der Waals surface area contributed by atoms with E-state index in [1.165, 1.54) is 18.0 Å². The Morgan fingerprint density at radius 2 is 2.00 bits per heavy atom. The summed E-state index contributed by atoms with van der Waals surface area (Å²) in [6.07, 6.45) is 4.56. The molecule has 2 rings (SSSR count). The predicted molar refractivity (Wildman–Crippen MR) is 69.4 cm³/mol. The Labute approximate surface area is 109 Å². The zero-order valence-electron chi connectivity index (χ0n) is 9.80. The van der Waals surface area contributed by atoms with Crippen molar-refractivity contribution in [3.05, 3.63) is 34.4 Å². The van der Waals surface area contributed by atoms with Gasteiger partial charge < -0.3 is 4.79 Å². The maximum Gasteiger partial charge on any atom is 0.284 e. The summed E-state index contributed by atoms with van der Waals surface area (Å²) in [6.45, 7) is 0. The molecule has 1 saturated carbocycles. The predicted octanol–water partition coefficient (Wildman–Crippen LogP) is 2.70. The minimum absolute atomic E-state index is 0.0639. The molecule has 1 aliphatic carbocycles. The third-order valence-corrected chi connectivity index (χ3v) is 4.22. The maximum absolute atomic E-state index is 11.2. The fraction of sp³-hybridized carbons (Fsp3) is 0.417. The Hall–Kier alpha value is -1.40. The molecule has 0 heterocycles. The van der Waals surface area contributed by atoms with Crippen LogP contribution in [-0.2, 0) is 4.79 Å². The number of hydrogen-bond donors (Lipinski definition) is 1.